The van der Waals surface area contributed by atoms with Crippen LogP contribution in [-0.2, 0) is 11.0 Å². The molecule has 0 aliphatic carbocycles. The Bertz CT molecular complexity index is 549. The van der Waals surface area contributed by atoms with Crippen LogP contribution in [0.4, 0.5) is 19.0 Å². The molecule has 0 bridgehead atoms. The van der Waals surface area contributed by atoms with Gasteiger partial charge in [-0.1, -0.05) is 11.6 Å². The molecule has 1 heterocycles. The Kier molecular flexibility index (Phi) is 6.15. The number of Topliss-reactive ketones (excluding diaryl/α,β-unsaturated/α-hetero) is 1. The first-order valence-electron chi connectivity index (χ1n) is 6.57. The van der Waals surface area contributed by atoms with Crippen molar-refractivity contribution in [3.63, 3.8) is 0 Å². The number of thioether (sulfide) groups is 1. The molecular weight excluding hydrogens is 337 g/mol. The lowest BCUT2D eigenvalue weighted by Crippen LogP contribution is -2.30. The summed E-state index contributed by atoms with van der Waals surface area (Å²) < 4.78 is 37.3. The summed E-state index contributed by atoms with van der Waals surface area (Å²) in [5, 5.41) is 2.69. The van der Waals surface area contributed by atoms with Gasteiger partial charge in [0.05, 0.1) is 15.8 Å². The topological polar surface area (TPSA) is 42.0 Å². The van der Waals surface area contributed by atoms with E-state index in [2.05, 4.69) is 10.3 Å². The van der Waals surface area contributed by atoms with Crippen LogP contribution in [0.1, 0.15) is 33.3 Å². The maximum atomic E-state index is 12.5. The molecule has 0 saturated carbocycles. The quantitative estimate of drug-likeness (QED) is 0.807. The van der Waals surface area contributed by atoms with Crippen molar-refractivity contribution >= 4 is 35.0 Å². The van der Waals surface area contributed by atoms with E-state index < -0.39 is 11.7 Å². The lowest BCUT2D eigenvalue weighted by molar-refractivity contribution is -0.137. The van der Waals surface area contributed by atoms with Gasteiger partial charge in [0.2, 0.25) is 0 Å². The van der Waals surface area contributed by atoms with Gasteiger partial charge in [-0.2, -0.15) is 13.2 Å². The summed E-state index contributed by atoms with van der Waals surface area (Å²) in [5.74, 6) is 0.266. The van der Waals surface area contributed by atoms with Crippen molar-refractivity contribution in [2.45, 2.75) is 43.9 Å². The number of aromatic nitrogens is 1. The Balaban J connectivity index is 2.74. The Labute approximate surface area is 137 Å². The van der Waals surface area contributed by atoms with Gasteiger partial charge in [-0.15, -0.1) is 11.8 Å². The molecule has 1 atom stereocenters. The number of ketones is 1. The summed E-state index contributed by atoms with van der Waals surface area (Å²) in [7, 11) is 0. The Morgan fingerprint density at radius 2 is 2.05 bits per heavy atom. The first-order chi connectivity index (χ1) is 9.92. The summed E-state index contributed by atoms with van der Waals surface area (Å²) in [4.78, 5) is 15.0. The third kappa shape index (κ3) is 5.68. The van der Waals surface area contributed by atoms with E-state index in [9.17, 15) is 18.0 Å². The second-order valence-corrected chi connectivity index (χ2v) is 7.99. The number of carbonyl (C=O) groups is 1. The summed E-state index contributed by atoms with van der Waals surface area (Å²) in [6.07, 6.45) is -3.73. The number of rotatable bonds is 6. The van der Waals surface area contributed by atoms with E-state index in [0.717, 1.165) is 12.3 Å². The molecule has 1 aromatic heterocycles. The fourth-order valence-corrected chi connectivity index (χ4v) is 3.13. The normalized spacial score (nSPS) is 13.8. The number of nitrogens with one attached hydrogen (secondary N) is 1. The van der Waals surface area contributed by atoms with Crippen molar-refractivity contribution < 1.29 is 18.0 Å². The maximum Gasteiger partial charge on any atom is 0.417 e. The Morgan fingerprint density at radius 3 is 2.50 bits per heavy atom. The molecule has 0 unspecified atom stereocenters. The number of hydrogen-bond donors (Lipinski definition) is 1. The third-order valence-electron chi connectivity index (χ3n) is 2.92. The molecular formula is C14H18ClF3N2OS. The molecule has 0 radical (unpaired) electrons. The van der Waals surface area contributed by atoms with Gasteiger partial charge in [0.25, 0.3) is 0 Å². The fraction of sp³-hybridized carbons (Fsp3) is 0.571. The monoisotopic (exact) mass is 354 g/mol. The van der Waals surface area contributed by atoms with Crippen molar-refractivity contribution in [3.05, 3.63) is 22.8 Å². The first-order valence-corrected chi connectivity index (χ1v) is 7.83. The van der Waals surface area contributed by atoms with E-state index in [0.29, 0.717) is 6.54 Å². The van der Waals surface area contributed by atoms with E-state index in [-0.39, 0.29) is 26.6 Å². The molecule has 0 fully saturated rings. The van der Waals surface area contributed by atoms with Crippen molar-refractivity contribution in [2.75, 3.05) is 11.9 Å². The summed E-state index contributed by atoms with van der Waals surface area (Å²) in [5.41, 5.74) is -0.887. The highest BCUT2D eigenvalue weighted by Gasteiger charge is 2.32. The van der Waals surface area contributed by atoms with Gasteiger partial charge < -0.3 is 5.32 Å². The third-order valence-corrected chi connectivity index (χ3v) is 4.67. The van der Waals surface area contributed by atoms with Gasteiger partial charge in [0.1, 0.15) is 11.6 Å². The van der Waals surface area contributed by atoms with Crippen LogP contribution in [0.2, 0.25) is 5.02 Å². The van der Waals surface area contributed by atoms with Crippen LogP contribution in [0.15, 0.2) is 12.3 Å². The molecule has 124 valence electrons. The van der Waals surface area contributed by atoms with Crippen LogP contribution >= 0.6 is 23.4 Å². The van der Waals surface area contributed by atoms with Crippen molar-refractivity contribution in [1.29, 1.82) is 0 Å². The fourth-order valence-electron chi connectivity index (χ4n) is 1.62. The standard InChI is InChI=1S/C14H18ClF3N2OS/c1-8(21)9(2)22-13(3,4)7-20-12-11(15)5-10(6-19-12)14(16,17)18/h5-6,9H,7H2,1-4H3,(H,19,20)/t9-/m1/s1. The zero-order valence-corrected chi connectivity index (χ0v) is 14.3. The van der Waals surface area contributed by atoms with Crippen molar-refractivity contribution in [1.82, 2.24) is 4.98 Å². The van der Waals surface area contributed by atoms with E-state index >= 15 is 0 Å². The predicted octanol–water partition coefficient (Wildman–Crippen LogP) is 4.66. The van der Waals surface area contributed by atoms with Crippen LogP contribution in [0.3, 0.4) is 0 Å². The molecule has 8 heteroatoms. The molecule has 1 N–H and O–H groups in total. The highest BCUT2D eigenvalue weighted by atomic mass is 35.5. The minimum absolute atomic E-state index is 0.0729. The van der Waals surface area contributed by atoms with Gasteiger partial charge in [-0.25, -0.2) is 4.98 Å². The van der Waals surface area contributed by atoms with Crippen LogP contribution in [0, 0.1) is 0 Å². The van der Waals surface area contributed by atoms with Crippen molar-refractivity contribution in [3.8, 4) is 0 Å². The molecule has 0 spiro atoms. The number of carbonyl (C=O) groups excluding carboxylic acids is 1. The lowest BCUT2D eigenvalue weighted by Gasteiger charge is -2.27. The average molecular weight is 355 g/mol. The molecule has 1 aromatic rings. The zero-order valence-electron chi connectivity index (χ0n) is 12.7. The van der Waals surface area contributed by atoms with Gasteiger partial charge >= 0.3 is 6.18 Å². The predicted molar refractivity (Wildman–Crippen MR) is 84.6 cm³/mol. The minimum Gasteiger partial charge on any atom is -0.367 e. The van der Waals surface area contributed by atoms with Crippen LogP contribution < -0.4 is 5.32 Å². The SMILES string of the molecule is CC(=O)[C@@H](C)SC(C)(C)CNc1ncc(C(F)(F)F)cc1Cl. The van der Waals surface area contributed by atoms with E-state index in [1.54, 1.807) is 0 Å². The van der Waals surface area contributed by atoms with Gasteiger partial charge in [0.15, 0.2) is 0 Å². The molecule has 0 amide bonds. The molecule has 0 aromatic carbocycles. The molecule has 0 saturated heterocycles. The van der Waals surface area contributed by atoms with Crippen LogP contribution in [0.25, 0.3) is 0 Å². The second kappa shape index (κ2) is 7.08. The second-order valence-electron chi connectivity index (χ2n) is 5.54. The van der Waals surface area contributed by atoms with Crippen LogP contribution in [-0.4, -0.2) is 27.3 Å². The van der Waals surface area contributed by atoms with Crippen molar-refractivity contribution in [2.24, 2.45) is 0 Å². The van der Waals surface area contributed by atoms with Gasteiger partial charge in [-0.05, 0) is 33.8 Å². The number of anilines is 1. The van der Waals surface area contributed by atoms with Gasteiger partial charge in [-0.3, -0.25) is 4.79 Å². The highest BCUT2D eigenvalue weighted by molar-refractivity contribution is 8.01. The summed E-state index contributed by atoms with van der Waals surface area (Å²) in [6.45, 7) is 7.62. The van der Waals surface area contributed by atoms with Gasteiger partial charge in [0, 0.05) is 17.5 Å². The zero-order chi connectivity index (χ0) is 17.1. The lowest BCUT2D eigenvalue weighted by atomic mass is 10.2. The molecule has 22 heavy (non-hydrogen) atoms. The number of alkyl halides is 3. The molecule has 1 rings (SSSR count). The molecule has 3 nitrogen and oxygen atoms in total. The number of halogens is 4. The average Bonchev–Trinajstić information content (AvgIpc) is 2.35. The largest absolute Gasteiger partial charge is 0.417 e. The molecule has 0 aliphatic rings. The minimum atomic E-state index is -4.47. The summed E-state index contributed by atoms with van der Waals surface area (Å²) in [6, 6.07) is 0.842. The number of nitrogens with zero attached hydrogens (tertiary/aromatic N) is 1. The maximum absolute atomic E-state index is 12.5. The Morgan fingerprint density at radius 1 is 1.45 bits per heavy atom. The van der Waals surface area contributed by atoms with E-state index in [1.165, 1.54) is 18.7 Å². The highest BCUT2D eigenvalue weighted by Crippen LogP contribution is 2.33. The summed E-state index contributed by atoms with van der Waals surface area (Å²) >= 11 is 7.31. The molecule has 0 aliphatic heterocycles. The van der Waals surface area contributed by atoms with Crippen LogP contribution in [0.5, 0.6) is 0 Å². The first kappa shape index (κ1) is 19.1. The Hall–Kier alpha value is -0.950. The van der Waals surface area contributed by atoms with E-state index in [4.69, 9.17) is 11.6 Å². The smallest absolute Gasteiger partial charge is 0.367 e. The number of hydrogen-bond acceptors (Lipinski definition) is 4. The number of pyridine rings is 1. The van der Waals surface area contributed by atoms with E-state index in [1.807, 2.05) is 20.8 Å².